The number of rotatable bonds is 1. The summed E-state index contributed by atoms with van der Waals surface area (Å²) in [6, 6.07) is 4.65. The van der Waals surface area contributed by atoms with Gasteiger partial charge in [0, 0.05) is 16.8 Å². The average Bonchev–Trinajstić information content (AvgIpc) is 2.83. The maximum absolute atomic E-state index is 2.35. The van der Waals surface area contributed by atoms with Crippen LogP contribution in [0.15, 0.2) is 12.1 Å². The third-order valence-corrected chi connectivity index (χ3v) is 5.69. The van der Waals surface area contributed by atoms with E-state index in [-0.39, 0.29) is 0 Å². The smallest absolute Gasteiger partial charge is 0.0703 e. The standard InChI is InChI=1S/C13H15NS2/c1-7(2)11-6-10-13(16-11)12-9(14(10)4)5-8(3)15-12/h5-7H,1-4H3. The molecule has 0 bridgehead atoms. The lowest BCUT2D eigenvalue weighted by Gasteiger charge is -1.98. The van der Waals surface area contributed by atoms with Gasteiger partial charge in [-0.2, -0.15) is 0 Å². The quantitative estimate of drug-likeness (QED) is 0.579. The van der Waals surface area contributed by atoms with E-state index in [0.29, 0.717) is 5.92 Å². The molecule has 0 aliphatic carbocycles. The molecule has 0 atom stereocenters. The number of hydrogen-bond donors (Lipinski definition) is 0. The number of aryl methyl sites for hydroxylation is 2. The highest BCUT2D eigenvalue weighted by molar-refractivity contribution is 7.27. The van der Waals surface area contributed by atoms with Gasteiger partial charge in [0.25, 0.3) is 0 Å². The van der Waals surface area contributed by atoms with Crippen LogP contribution in [0.25, 0.3) is 20.4 Å². The van der Waals surface area contributed by atoms with Crippen molar-refractivity contribution in [1.82, 2.24) is 4.57 Å². The van der Waals surface area contributed by atoms with Crippen LogP contribution in [0.5, 0.6) is 0 Å². The lowest BCUT2D eigenvalue weighted by molar-refractivity contribution is 0.889. The first-order chi connectivity index (χ1) is 7.58. The molecule has 0 unspecified atom stereocenters. The van der Waals surface area contributed by atoms with Crippen molar-refractivity contribution in [3.8, 4) is 0 Å². The maximum atomic E-state index is 2.35. The van der Waals surface area contributed by atoms with Crippen molar-refractivity contribution in [1.29, 1.82) is 0 Å². The van der Waals surface area contributed by atoms with Crippen molar-refractivity contribution in [3.05, 3.63) is 21.9 Å². The van der Waals surface area contributed by atoms with Gasteiger partial charge in [0.1, 0.15) is 0 Å². The SMILES string of the molecule is Cc1cc2c(s1)c1sc(C(C)C)cc1n2C. The van der Waals surface area contributed by atoms with Gasteiger partial charge < -0.3 is 4.57 Å². The van der Waals surface area contributed by atoms with Crippen LogP contribution >= 0.6 is 22.7 Å². The fourth-order valence-electron chi connectivity index (χ4n) is 2.14. The Morgan fingerprint density at radius 3 is 2.38 bits per heavy atom. The molecule has 0 N–H and O–H groups in total. The van der Waals surface area contributed by atoms with E-state index in [1.54, 1.807) is 0 Å². The summed E-state index contributed by atoms with van der Waals surface area (Å²) in [7, 11) is 2.17. The summed E-state index contributed by atoms with van der Waals surface area (Å²) in [6.45, 7) is 6.72. The molecule has 0 aromatic carbocycles. The third-order valence-electron chi connectivity index (χ3n) is 3.07. The zero-order valence-electron chi connectivity index (χ0n) is 10.00. The fraction of sp³-hybridized carbons (Fsp3) is 0.385. The Morgan fingerprint density at radius 1 is 1.06 bits per heavy atom. The van der Waals surface area contributed by atoms with Gasteiger partial charge in [-0.15, -0.1) is 22.7 Å². The minimum atomic E-state index is 0.633. The molecule has 3 heteroatoms. The Bertz CT molecular complexity index is 667. The van der Waals surface area contributed by atoms with Gasteiger partial charge in [-0.25, -0.2) is 0 Å². The van der Waals surface area contributed by atoms with Gasteiger partial charge in [0.2, 0.25) is 0 Å². The van der Waals surface area contributed by atoms with Gasteiger partial charge in [-0.1, -0.05) is 13.8 Å². The molecule has 3 aromatic heterocycles. The Kier molecular flexibility index (Phi) is 2.17. The van der Waals surface area contributed by atoms with E-state index in [1.165, 1.54) is 30.2 Å². The topological polar surface area (TPSA) is 4.93 Å². The molecule has 0 fully saturated rings. The first-order valence-corrected chi connectivity index (χ1v) is 7.19. The van der Waals surface area contributed by atoms with E-state index < -0.39 is 0 Å². The predicted octanol–water partition coefficient (Wildman–Crippen LogP) is 4.89. The number of aromatic nitrogens is 1. The Morgan fingerprint density at radius 2 is 1.69 bits per heavy atom. The second-order valence-corrected chi connectivity index (χ2v) is 6.99. The fourth-order valence-corrected chi connectivity index (χ4v) is 4.52. The summed E-state index contributed by atoms with van der Waals surface area (Å²) >= 11 is 3.88. The Labute approximate surface area is 103 Å². The number of fused-ring (bicyclic) bond motifs is 3. The van der Waals surface area contributed by atoms with Gasteiger partial charge in [-0.05, 0) is 25.0 Å². The molecule has 3 aromatic rings. The van der Waals surface area contributed by atoms with Crippen molar-refractivity contribution in [3.63, 3.8) is 0 Å². The molecule has 0 radical (unpaired) electrons. The molecule has 16 heavy (non-hydrogen) atoms. The number of hydrogen-bond acceptors (Lipinski definition) is 2. The molecule has 3 rings (SSSR count). The molecule has 0 aliphatic rings. The maximum Gasteiger partial charge on any atom is 0.0703 e. The van der Waals surface area contributed by atoms with E-state index in [0.717, 1.165) is 0 Å². The number of nitrogens with zero attached hydrogens (tertiary/aromatic N) is 1. The molecule has 0 amide bonds. The summed E-state index contributed by atoms with van der Waals surface area (Å²) in [5.74, 6) is 0.633. The molecular formula is C13H15NS2. The van der Waals surface area contributed by atoms with Crippen LogP contribution < -0.4 is 0 Å². The lowest BCUT2D eigenvalue weighted by atomic mass is 10.2. The summed E-state index contributed by atoms with van der Waals surface area (Å²) in [5.41, 5.74) is 2.79. The number of thiophene rings is 2. The van der Waals surface area contributed by atoms with Gasteiger partial charge >= 0.3 is 0 Å². The van der Waals surface area contributed by atoms with Gasteiger partial charge in [0.15, 0.2) is 0 Å². The first kappa shape index (κ1) is 10.4. The Balaban J connectivity index is 2.42. The second kappa shape index (κ2) is 3.34. The third kappa shape index (κ3) is 1.28. The molecular weight excluding hydrogens is 234 g/mol. The summed E-state index contributed by atoms with van der Waals surface area (Å²) in [5, 5.41) is 0. The second-order valence-electron chi connectivity index (χ2n) is 4.65. The van der Waals surface area contributed by atoms with E-state index in [2.05, 4.69) is 44.5 Å². The molecule has 0 saturated heterocycles. The first-order valence-electron chi connectivity index (χ1n) is 5.56. The van der Waals surface area contributed by atoms with E-state index in [4.69, 9.17) is 0 Å². The summed E-state index contributed by atoms with van der Waals surface area (Å²) < 4.78 is 5.27. The average molecular weight is 249 g/mol. The zero-order chi connectivity index (χ0) is 11.4. The van der Waals surface area contributed by atoms with Crippen molar-refractivity contribution >= 4 is 43.1 Å². The molecule has 0 spiro atoms. The molecule has 0 saturated carbocycles. The summed E-state index contributed by atoms with van der Waals surface area (Å²) in [6.07, 6.45) is 0. The molecule has 0 aliphatic heterocycles. The normalized spacial score (nSPS) is 12.3. The van der Waals surface area contributed by atoms with Crippen LogP contribution in [0.3, 0.4) is 0 Å². The van der Waals surface area contributed by atoms with Crippen LogP contribution in [-0.2, 0) is 7.05 Å². The van der Waals surface area contributed by atoms with Gasteiger partial charge in [0.05, 0.1) is 20.4 Å². The predicted molar refractivity (Wildman–Crippen MR) is 75.0 cm³/mol. The van der Waals surface area contributed by atoms with Crippen molar-refractivity contribution in [2.24, 2.45) is 7.05 Å². The van der Waals surface area contributed by atoms with Crippen molar-refractivity contribution in [2.45, 2.75) is 26.7 Å². The monoisotopic (exact) mass is 249 g/mol. The van der Waals surface area contributed by atoms with Crippen molar-refractivity contribution in [2.75, 3.05) is 0 Å². The minimum absolute atomic E-state index is 0.633. The van der Waals surface area contributed by atoms with E-state index in [1.807, 2.05) is 22.7 Å². The largest absolute Gasteiger partial charge is 0.342 e. The van der Waals surface area contributed by atoms with Crippen LogP contribution in [0.4, 0.5) is 0 Å². The highest BCUT2D eigenvalue weighted by Crippen LogP contribution is 2.40. The van der Waals surface area contributed by atoms with Crippen LogP contribution in [0.2, 0.25) is 0 Å². The van der Waals surface area contributed by atoms with E-state index in [9.17, 15) is 0 Å². The van der Waals surface area contributed by atoms with Crippen LogP contribution in [0.1, 0.15) is 29.5 Å². The van der Waals surface area contributed by atoms with Crippen LogP contribution in [0, 0.1) is 6.92 Å². The van der Waals surface area contributed by atoms with Gasteiger partial charge in [-0.3, -0.25) is 0 Å². The molecule has 84 valence electrons. The lowest BCUT2D eigenvalue weighted by Crippen LogP contribution is -1.85. The molecule has 1 nitrogen and oxygen atoms in total. The van der Waals surface area contributed by atoms with Crippen LogP contribution in [-0.4, -0.2) is 4.57 Å². The highest BCUT2D eigenvalue weighted by atomic mass is 32.1. The summed E-state index contributed by atoms with van der Waals surface area (Å²) in [4.78, 5) is 2.90. The minimum Gasteiger partial charge on any atom is -0.342 e. The highest BCUT2D eigenvalue weighted by Gasteiger charge is 2.15. The van der Waals surface area contributed by atoms with Crippen molar-refractivity contribution < 1.29 is 0 Å². The van der Waals surface area contributed by atoms with E-state index >= 15 is 0 Å². The Hall–Kier alpha value is -0.800. The molecule has 3 heterocycles. The zero-order valence-corrected chi connectivity index (χ0v) is 11.6.